The van der Waals surface area contributed by atoms with Gasteiger partial charge in [-0.1, -0.05) is 50.2 Å². The van der Waals surface area contributed by atoms with Crippen LogP contribution in [0.4, 0.5) is 0 Å². The largest absolute Gasteiger partial charge is 0.465 e. The van der Waals surface area contributed by atoms with Gasteiger partial charge in [-0.3, -0.25) is 0 Å². The Bertz CT molecular complexity index is 671. The van der Waals surface area contributed by atoms with Crippen molar-refractivity contribution in [3.8, 4) is 0 Å². The van der Waals surface area contributed by atoms with Crippen LogP contribution in [-0.4, -0.2) is 13.1 Å². The maximum absolute atomic E-state index is 11.8. The van der Waals surface area contributed by atoms with Gasteiger partial charge in [0.2, 0.25) is 0 Å². The van der Waals surface area contributed by atoms with Crippen molar-refractivity contribution >= 4 is 5.97 Å². The van der Waals surface area contributed by atoms with E-state index >= 15 is 0 Å². The van der Waals surface area contributed by atoms with E-state index < -0.39 is 0 Å². The zero-order valence-corrected chi connectivity index (χ0v) is 12.7. The van der Waals surface area contributed by atoms with Crippen LogP contribution in [0.15, 0.2) is 48.5 Å². The Morgan fingerprint density at radius 2 is 1.86 bits per heavy atom. The lowest BCUT2D eigenvalue weighted by molar-refractivity contribution is 0.0600. The summed E-state index contributed by atoms with van der Waals surface area (Å²) in [5, 5.41) is 0. The first-order chi connectivity index (χ1) is 10.0. The molecular weight excluding hydrogens is 260 g/mol. The minimum absolute atomic E-state index is 0.129. The van der Waals surface area contributed by atoms with Gasteiger partial charge >= 0.3 is 5.97 Å². The van der Waals surface area contributed by atoms with Crippen LogP contribution in [0.5, 0.6) is 0 Å². The molecule has 108 valence electrons. The van der Waals surface area contributed by atoms with Crippen LogP contribution in [0.1, 0.15) is 53.2 Å². The molecule has 0 amide bonds. The van der Waals surface area contributed by atoms with Crippen LogP contribution in [0.25, 0.3) is 0 Å². The lowest BCUT2D eigenvalue weighted by atomic mass is 9.85. The normalized spacial score (nSPS) is 19.1. The molecule has 0 bridgehead atoms. The summed E-state index contributed by atoms with van der Waals surface area (Å²) in [5.41, 5.74) is 4.67. The van der Waals surface area contributed by atoms with Crippen molar-refractivity contribution in [2.24, 2.45) is 0 Å². The molecule has 0 aliphatic heterocycles. The first-order valence-electron chi connectivity index (χ1n) is 7.30. The number of hydrogen-bond donors (Lipinski definition) is 0. The molecule has 0 radical (unpaired) electrons. The fourth-order valence-corrected chi connectivity index (χ4v) is 3.43. The van der Waals surface area contributed by atoms with Crippen LogP contribution < -0.4 is 0 Å². The molecule has 1 atom stereocenters. The van der Waals surface area contributed by atoms with Crippen molar-refractivity contribution in [2.75, 3.05) is 7.11 Å². The lowest BCUT2D eigenvalue weighted by Crippen LogP contribution is -2.12. The third-order valence-corrected chi connectivity index (χ3v) is 4.49. The predicted octanol–water partition coefficient (Wildman–Crippen LogP) is 4.29. The van der Waals surface area contributed by atoms with E-state index in [9.17, 15) is 4.79 Å². The predicted molar refractivity (Wildman–Crippen MR) is 83.7 cm³/mol. The molecule has 0 aromatic heterocycles. The summed E-state index contributed by atoms with van der Waals surface area (Å²) in [5.74, 6) is 0.0788. The Hall–Kier alpha value is -2.09. The number of rotatable bonds is 2. The molecule has 0 heterocycles. The van der Waals surface area contributed by atoms with Crippen molar-refractivity contribution < 1.29 is 9.53 Å². The highest BCUT2D eigenvalue weighted by atomic mass is 16.5. The molecular formula is C19H20O2. The van der Waals surface area contributed by atoms with Gasteiger partial charge in [0.25, 0.3) is 0 Å². The molecule has 0 saturated heterocycles. The van der Waals surface area contributed by atoms with Gasteiger partial charge in [-0.05, 0) is 40.7 Å². The second-order valence-corrected chi connectivity index (χ2v) is 6.34. The molecule has 2 aromatic carbocycles. The summed E-state index contributed by atoms with van der Waals surface area (Å²) < 4.78 is 4.85. The van der Waals surface area contributed by atoms with E-state index in [-0.39, 0.29) is 11.4 Å². The van der Waals surface area contributed by atoms with Crippen LogP contribution in [-0.2, 0) is 10.2 Å². The first-order valence-corrected chi connectivity index (χ1v) is 7.30. The molecule has 0 saturated carbocycles. The Balaban J connectivity index is 2.11. The van der Waals surface area contributed by atoms with E-state index in [1.807, 2.05) is 18.2 Å². The summed E-state index contributed by atoms with van der Waals surface area (Å²) in [4.78, 5) is 11.8. The topological polar surface area (TPSA) is 26.3 Å². The van der Waals surface area contributed by atoms with Crippen molar-refractivity contribution in [3.63, 3.8) is 0 Å². The van der Waals surface area contributed by atoms with Crippen molar-refractivity contribution in [1.82, 2.24) is 0 Å². The van der Waals surface area contributed by atoms with Gasteiger partial charge in [-0.2, -0.15) is 0 Å². The highest BCUT2D eigenvalue weighted by molar-refractivity contribution is 5.89. The van der Waals surface area contributed by atoms with Crippen molar-refractivity contribution in [3.05, 3.63) is 70.8 Å². The quantitative estimate of drug-likeness (QED) is 0.767. The number of carbonyl (C=O) groups excluding carboxylic acids is 1. The Morgan fingerprint density at radius 1 is 1.14 bits per heavy atom. The molecule has 1 aliphatic rings. The van der Waals surface area contributed by atoms with Crippen LogP contribution in [0.3, 0.4) is 0 Å². The third-order valence-electron chi connectivity index (χ3n) is 4.49. The molecule has 0 fully saturated rings. The highest BCUT2D eigenvalue weighted by Gasteiger charge is 2.37. The van der Waals surface area contributed by atoms with E-state index in [0.29, 0.717) is 11.5 Å². The first kappa shape index (κ1) is 13.9. The number of fused-ring (bicyclic) bond motifs is 1. The summed E-state index contributed by atoms with van der Waals surface area (Å²) in [7, 11) is 1.42. The number of hydrogen-bond acceptors (Lipinski definition) is 2. The average molecular weight is 280 g/mol. The average Bonchev–Trinajstić information content (AvgIpc) is 2.78. The van der Waals surface area contributed by atoms with Gasteiger partial charge < -0.3 is 4.74 Å². The van der Waals surface area contributed by atoms with E-state index in [1.165, 1.54) is 23.8 Å². The van der Waals surface area contributed by atoms with Gasteiger partial charge in [0, 0.05) is 5.92 Å². The van der Waals surface area contributed by atoms with Crippen LogP contribution >= 0.6 is 0 Å². The molecule has 1 unspecified atom stereocenters. The molecule has 1 aliphatic carbocycles. The summed E-state index contributed by atoms with van der Waals surface area (Å²) in [6.07, 6.45) is 1.07. The van der Waals surface area contributed by atoms with Crippen LogP contribution in [0.2, 0.25) is 0 Å². The Kier molecular flexibility index (Phi) is 3.32. The van der Waals surface area contributed by atoms with Crippen molar-refractivity contribution in [2.45, 2.75) is 31.6 Å². The van der Waals surface area contributed by atoms with Gasteiger partial charge in [0.05, 0.1) is 12.7 Å². The molecule has 2 nitrogen and oxygen atoms in total. The number of benzene rings is 2. The number of carbonyl (C=O) groups is 1. The summed E-state index contributed by atoms with van der Waals surface area (Å²) in [6.45, 7) is 4.54. The number of ether oxygens (including phenoxy) is 1. The van der Waals surface area contributed by atoms with E-state index in [1.54, 1.807) is 0 Å². The Morgan fingerprint density at radius 3 is 2.52 bits per heavy atom. The maximum atomic E-state index is 11.8. The minimum atomic E-state index is -0.269. The van der Waals surface area contributed by atoms with Gasteiger partial charge in [-0.15, -0.1) is 0 Å². The van der Waals surface area contributed by atoms with E-state index in [0.717, 1.165) is 6.42 Å². The third kappa shape index (κ3) is 2.35. The minimum Gasteiger partial charge on any atom is -0.465 e. The van der Waals surface area contributed by atoms with E-state index in [4.69, 9.17) is 4.74 Å². The zero-order valence-electron chi connectivity index (χ0n) is 12.7. The molecule has 0 N–H and O–H groups in total. The van der Waals surface area contributed by atoms with Gasteiger partial charge in [0.1, 0.15) is 0 Å². The second-order valence-electron chi connectivity index (χ2n) is 6.34. The second kappa shape index (κ2) is 5.03. The molecule has 2 heteroatoms. The number of esters is 1. The SMILES string of the molecule is COC(=O)c1ccc2c(c1)C(c1ccccc1)CC2(C)C. The standard InChI is InChI=1S/C19H20O2/c1-19(2)12-16(13-7-5-4-6-8-13)15-11-14(18(20)21-3)9-10-17(15)19/h4-11,16H,12H2,1-3H3. The monoisotopic (exact) mass is 280 g/mol. The van der Waals surface area contributed by atoms with Gasteiger partial charge in [-0.25, -0.2) is 4.79 Å². The highest BCUT2D eigenvalue weighted by Crippen LogP contribution is 2.48. The van der Waals surface area contributed by atoms with Crippen molar-refractivity contribution in [1.29, 1.82) is 0 Å². The van der Waals surface area contributed by atoms with Gasteiger partial charge in [0.15, 0.2) is 0 Å². The fourth-order valence-electron chi connectivity index (χ4n) is 3.43. The summed E-state index contributed by atoms with van der Waals surface area (Å²) in [6, 6.07) is 16.5. The smallest absolute Gasteiger partial charge is 0.337 e. The Labute approximate surface area is 125 Å². The molecule has 0 spiro atoms. The molecule has 3 rings (SSSR count). The fraction of sp³-hybridized carbons (Fsp3) is 0.316. The van der Waals surface area contributed by atoms with Crippen LogP contribution in [0, 0.1) is 0 Å². The molecule has 2 aromatic rings. The maximum Gasteiger partial charge on any atom is 0.337 e. The number of methoxy groups -OCH3 is 1. The zero-order chi connectivity index (χ0) is 15.0. The lowest BCUT2D eigenvalue weighted by Gasteiger charge is -2.19. The molecule has 21 heavy (non-hydrogen) atoms. The summed E-state index contributed by atoms with van der Waals surface area (Å²) >= 11 is 0. The van der Waals surface area contributed by atoms with E-state index in [2.05, 4.69) is 44.2 Å².